The average Bonchev–Trinajstić information content (AvgIpc) is 2.60. The number of rotatable bonds is 3. The molecule has 134 valence electrons. The number of nitrogens with one attached hydrogen (secondary N) is 1. The largest absolute Gasteiger partial charge is 0.496 e. The number of amides is 1. The summed E-state index contributed by atoms with van der Waals surface area (Å²) in [4.78, 5) is 24.5. The summed E-state index contributed by atoms with van der Waals surface area (Å²) >= 11 is 0. The van der Waals surface area contributed by atoms with Crippen LogP contribution < -0.4 is 15.5 Å². The monoisotopic (exact) mass is 363 g/mol. The lowest BCUT2D eigenvalue weighted by Crippen LogP contribution is -2.15. The molecule has 8 heteroatoms. The maximum absolute atomic E-state index is 12.6. The second kappa shape index (κ2) is 6.55. The minimum Gasteiger partial charge on any atom is -0.496 e. The van der Waals surface area contributed by atoms with E-state index in [0.29, 0.717) is 5.75 Å². The molecule has 0 fully saturated rings. The molecule has 3 aromatic rings. The number of alkyl halides is 3. The fourth-order valence-electron chi connectivity index (χ4n) is 2.40. The van der Waals surface area contributed by atoms with Crippen molar-refractivity contribution in [2.45, 2.75) is 6.18 Å². The average molecular weight is 363 g/mol. The van der Waals surface area contributed by atoms with Gasteiger partial charge in [-0.3, -0.25) is 9.59 Å². The fourth-order valence-corrected chi connectivity index (χ4v) is 2.40. The first kappa shape index (κ1) is 17.5. The van der Waals surface area contributed by atoms with Gasteiger partial charge in [0, 0.05) is 11.8 Å². The van der Waals surface area contributed by atoms with Gasteiger partial charge in [0.25, 0.3) is 5.91 Å². The number of methoxy groups -OCH3 is 1. The number of fused-ring (bicyclic) bond motifs is 1. The van der Waals surface area contributed by atoms with E-state index in [-0.39, 0.29) is 22.4 Å². The van der Waals surface area contributed by atoms with Crippen molar-refractivity contribution in [2.75, 3.05) is 12.4 Å². The lowest BCUT2D eigenvalue weighted by Gasteiger charge is -2.09. The van der Waals surface area contributed by atoms with Crippen molar-refractivity contribution in [2.24, 2.45) is 0 Å². The zero-order chi connectivity index (χ0) is 18.9. The summed E-state index contributed by atoms with van der Waals surface area (Å²) in [6.45, 7) is 0. The van der Waals surface area contributed by atoms with Crippen molar-refractivity contribution < 1.29 is 27.1 Å². The lowest BCUT2D eigenvalue weighted by molar-refractivity contribution is -0.137. The minimum absolute atomic E-state index is 0.136. The smallest absolute Gasteiger partial charge is 0.416 e. The van der Waals surface area contributed by atoms with E-state index in [1.807, 2.05) is 0 Å². The molecule has 1 aromatic heterocycles. The van der Waals surface area contributed by atoms with E-state index < -0.39 is 23.1 Å². The van der Waals surface area contributed by atoms with E-state index in [9.17, 15) is 22.8 Å². The Kier molecular flexibility index (Phi) is 4.41. The van der Waals surface area contributed by atoms with Gasteiger partial charge in [0.1, 0.15) is 16.7 Å². The standard InChI is InChI=1S/C18H12F3NO4/c1-25-13-3-2-4-14-16(13)12(23)9-15(26-14)17(24)22-11-7-5-10(6-8-11)18(19,20)21/h2-9H,1H3,(H,22,24). The van der Waals surface area contributed by atoms with Crippen LogP contribution in [0.5, 0.6) is 5.75 Å². The van der Waals surface area contributed by atoms with Gasteiger partial charge >= 0.3 is 6.18 Å². The molecule has 0 aliphatic carbocycles. The maximum Gasteiger partial charge on any atom is 0.416 e. The molecule has 5 nitrogen and oxygen atoms in total. The summed E-state index contributed by atoms with van der Waals surface area (Å²) in [5, 5.41) is 2.58. The van der Waals surface area contributed by atoms with Crippen LogP contribution >= 0.6 is 0 Å². The molecule has 0 unspecified atom stereocenters. The third kappa shape index (κ3) is 3.39. The number of hydrogen-bond acceptors (Lipinski definition) is 4. The molecule has 0 saturated heterocycles. The van der Waals surface area contributed by atoms with Gasteiger partial charge < -0.3 is 14.5 Å². The predicted molar refractivity (Wildman–Crippen MR) is 88.4 cm³/mol. The summed E-state index contributed by atoms with van der Waals surface area (Å²) in [6.07, 6.45) is -4.47. The van der Waals surface area contributed by atoms with Gasteiger partial charge in [0.05, 0.1) is 12.7 Å². The topological polar surface area (TPSA) is 68.5 Å². The first-order valence-corrected chi connectivity index (χ1v) is 7.39. The van der Waals surface area contributed by atoms with Crippen LogP contribution in [0.3, 0.4) is 0 Å². The highest BCUT2D eigenvalue weighted by molar-refractivity contribution is 6.03. The van der Waals surface area contributed by atoms with Gasteiger partial charge in [-0.1, -0.05) is 6.07 Å². The normalized spacial score (nSPS) is 11.4. The quantitative estimate of drug-likeness (QED) is 0.762. The molecule has 0 atom stereocenters. The number of halogens is 3. The zero-order valence-electron chi connectivity index (χ0n) is 13.4. The molecule has 1 amide bonds. The maximum atomic E-state index is 12.6. The highest BCUT2D eigenvalue weighted by atomic mass is 19.4. The summed E-state index contributed by atoms with van der Waals surface area (Å²) in [6, 6.07) is 9.61. The van der Waals surface area contributed by atoms with Crippen LogP contribution in [0.15, 0.2) is 57.7 Å². The van der Waals surface area contributed by atoms with E-state index >= 15 is 0 Å². The Morgan fingerprint density at radius 1 is 1.12 bits per heavy atom. The Balaban J connectivity index is 1.90. The third-order valence-corrected chi connectivity index (χ3v) is 3.63. The second-order valence-corrected chi connectivity index (χ2v) is 5.34. The summed E-state index contributed by atoms with van der Waals surface area (Å²) in [5.74, 6) is -0.715. The van der Waals surface area contributed by atoms with E-state index in [4.69, 9.17) is 9.15 Å². The van der Waals surface area contributed by atoms with E-state index in [2.05, 4.69) is 5.32 Å². The summed E-state index contributed by atoms with van der Waals surface area (Å²) < 4.78 is 48.2. The van der Waals surface area contributed by atoms with Gasteiger partial charge in [-0.05, 0) is 36.4 Å². The van der Waals surface area contributed by atoms with Gasteiger partial charge in [0.2, 0.25) is 0 Å². The molecule has 2 aromatic carbocycles. The van der Waals surface area contributed by atoms with E-state index in [1.165, 1.54) is 13.2 Å². The third-order valence-electron chi connectivity index (χ3n) is 3.63. The number of carbonyl (C=O) groups is 1. The Morgan fingerprint density at radius 3 is 2.42 bits per heavy atom. The minimum atomic E-state index is -4.47. The van der Waals surface area contributed by atoms with Crippen LogP contribution in [-0.2, 0) is 6.18 Å². The molecule has 0 saturated carbocycles. The molecule has 0 aliphatic heterocycles. The molecule has 3 rings (SSSR count). The van der Waals surface area contributed by atoms with E-state index in [1.54, 1.807) is 12.1 Å². The Bertz CT molecular complexity index is 1020. The zero-order valence-corrected chi connectivity index (χ0v) is 13.4. The molecule has 0 radical (unpaired) electrons. The van der Waals surface area contributed by atoms with Crippen LogP contribution in [0.4, 0.5) is 18.9 Å². The number of carbonyl (C=O) groups excluding carboxylic acids is 1. The molecule has 0 bridgehead atoms. The molecular weight excluding hydrogens is 351 g/mol. The van der Waals surface area contributed by atoms with Crippen LogP contribution in [0.25, 0.3) is 11.0 Å². The van der Waals surface area contributed by atoms with Crippen LogP contribution in [0, 0.1) is 0 Å². The van der Waals surface area contributed by atoms with Gasteiger partial charge in [-0.2, -0.15) is 13.2 Å². The van der Waals surface area contributed by atoms with Crippen molar-refractivity contribution >= 4 is 22.6 Å². The van der Waals surface area contributed by atoms with Crippen LogP contribution in [-0.4, -0.2) is 13.0 Å². The first-order valence-electron chi connectivity index (χ1n) is 7.39. The number of anilines is 1. The highest BCUT2D eigenvalue weighted by Gasteiger charge is 2.30. The highest BCUT2D eigenvalue weighted by Crippen LogP contribution is 2.30. The molecule has 1 heterocycles. The predicted octanol–water partition coefficient (Wildman–Crippen LogP) is 4.07. The molecular formula is C18H12F3NO4. The molecule has 0 aliphatic rings. The number of ether oxygens (including phenoxy) is 1. The summed E-state index contributed by atoms with van der Waals surface area (Å²) in [7, 11) is 1.40. The van der Waals surface area contributed by atoms with Crippen molar-refractivity contribution in [3.8, 4) is 5.75 Å². The van der Waals surface area contributed by atoms with Crippen molar-refractivity contribution in [1.29, 1.82) is 0 Å². The molecule has 1 N–H and O–H groups in total. The van der Waals surface area contributed by atoms with Crippen LogP contribution in [0.2, 0.25) is 0 Å². The van der Waals surface area contributed by atoms with Crippen LogP contribution in [0.1, 0.15) is 16.1 Å². The van der Waals surface area contributed by atoms with Crippen molar-refractivity contribution in [1.82, 2.24) is 0 Å². The van der Waals surface area contributed by atoms with E-state index in [0.717, 1.165) is 30.3 Å². The number of hydrogen-bond donors (Lipinski definition) is 1. The summed E-state index contributed by atoms with van der Waals surface area (Å²) in [5.41, 5.74) is -1.01. The first-order chi connectivity index (χ1) is 12.3. The Hall–Kier alpha value is -3.29. The number of benzene rings is 2. The van der Waals surface area contributed by atoms with Gasteiger partial charge in [0.15, 0.2) is 11.2 Å². The lowest BCUT2D eigenvalue weighted by atomic mass is 10.2. The SMILES string of the molecule is COc1cccc2oc(C(=O)Nc3ccc(C(F)(F)F)cc3)cc(=O)c12. The molecule has 26 heavy (non-hydrogen) atoms. The molecule has 0 spiro atoms. The Labute approximate surface area is 145 Å². The van der Waals surface area contributed by atoms with Crippen molar-refractivity contribution in [3.05, 3.63) is 70.1 Å². The Morgan fingerprint density at radius 2 is 1.81 bits per heavy atom. The fraction of sp³-hybridized carbons (Fsp3) is 0.111. The van der Waals surface area contributed by atoms with Gasteiger partial charge in [-0.25, -0.2) is 0 Å². The van der Waals surface area contributed by atoms with Gasteiger partial charge in [-0.15, -0.1) is 0 Å². The second-order valence-electron chi connectivity index (χ2n) is 5.34. The van der Waals surface area contributed by atoms with Crippen molar-refractivity contribution in [3.63, 3.8) is 0 Å².